The first-order valence-corrected chi connectivity index (χ1v) is 43.5. The standard InChI is InChI=1S/C80H125N27O33/c1-8-35(6)62(106-76(136)61(34(4)5)105-67(127)40(11-15-52(82)110)93-55(113)29-90-65(125)48(24-58(118)119)97-64(124)39(81)10-9-19-89-80(85)86)77(137)103-47(23-54(84)112)72(132)94-42(13-17-56(114)115)68(128)107-63(36(7)109)78(138)104-51(30-108)75(135)95-41(12-16-53(83)111)66(126)99-45(21-37-27-87-31-91-37)70(130)100-46(22-38-28-88-32-92-38)71(131)101-50(26-60(122)123)74(134)102-49(25-59(120)121)73(133)98-44(20-33(2)3)69(129)96-43(79(139)140)14-18-57(116)117/h27-28,31-36,39-51,61-63,108-109H,8-26,29-30,81H2,1-7H3,(H2,82,110)(H2,83,111)(H2,84,112)(H,87,91)(H,88,92)(H,90,125)(H,93,113)(H,94,132)(H,95,135)(H,96,129)(H,97,124)(H,98,133)(H,99,126)(H,100,130)(H,101,131)(H,102,134)(H,103,137)(H,104,138)(H,105,127)(H,106,136)(H,107,128)(H,114,115)(H,116,117)(H,118,119)(H,120,121)(H,122,123)(H,139,140)(H4,85,86,89)/t35-,36+,39-,40-,41-,42-,43-,44-,45-,46-,47-,48-,49-,50-,51-,61-,62-,63-/m0/s1. The predicted molar refractivity (Wildman–Crippen MR) is 475 cm³/mol. The molecule has 2 aromatic heterocycles. The van der Waals surface area contributed by atoms with Gasteiger partial charge in [-0.25, -0.2) is 14.8 Å². The summed E-state index contributed by atoms with van der Waals surface area (Å²) in [6, 6.07) is -30.7. The number of nitrogens with zero attached hydrogens (tertiary/aromatic N) is 2. The molecule has 0 aliphatic carbocycles. The van der Waals surface area contributed by atoms with Crippen molar-refractivity contribution in [2.45, 2.75) is 267 Å². The molecule has 778 valence electrons. The second-order valence-corrected chi connectivity index (χ2v) is 32.9. The number of carbonyl (C=O) groups excluding carboxylic acids is 19. The number of aliphatic hydroxyl groups excluding tert-OH is 2. The number of amides is 19. The van der Waals surface area contributed by atoms with Crippen molar-refractivity contribution in [3.8, 4) is 0 Å². The first kappa shape index (κ1) is 120. The Morgan fingerprint density at radius 1 is 0.371 bits per heavy atom. The third-order valence-electron chi connectivity index (χ3n) is 20.5. The largest absolute Gasteiger partial charge is 0.481 e. The van der Waals surface area contributed by atoms with E-state index in [0.717, 1.165) is 19.6 Å². The van der Waals surface area contributed by atoms with E-state index in [1.54, 1.807) is 20.8 Å². The molecule has 19 amide bonds. The Hall–Kier alpha value is -15.7. The number of H-pyrrole nitrogens is 2. The fourth-order valence-corrected chi connectivity index (χ4v) is 12.9. The molecule has 0 bridgehead atoms. The molecule has 0 aliphatic heterocycles. The maximum atomic E-state index is 14.7. The molecule has 60 heteroatoms. The molecule has 0 unspecified atom stereocenters. The molecule has 0 saturated carbocycles. The molecule has 2 aromatic rings. The van der Waals surface area contributed by atoms with Crippen molar-refractivity contribution in [1.29, 1.82) is 5.41 Å². The number of hydrogen-bond donors (Lipinski definition) is 33. The molecular formula is C80H125N27O33. The van der Waals surface area contributed by atoms with Gasteiger partial charge in [-0.1, -0.05) is 48.0 Å². The highest BCUT2D eigenvalue weighted by atomic mass is 16.4. The van der Waals surface area contributed by atoms with Gasteiger partial charge in [0.25, 0.3) is 0 Å². The van der Waals surface area contributed by atoms with Crippen LogP contribution in [0, 0.1) is 23.2 Å². The third kappa shape index (κ3) is 45.8. The van der Waals surface area contributed by atoms with Crippen LogP contribution in [0.4, 0.5) is 0 Å². The zero-order chi connectivity index (χ0) is 106. The number of guanidine groups is 1. The van der Waals surface area contributed by atoms with E-state index in [4.69, 9.17) is 39.2 Å². The lowest BCUT2D eigenvalue weighted by Gasteiger charge is -2.30. The Labute approximate surface area is 796 Å². The molecule has 140 heavy (non-hydrogen) atoms. The van der Waals surface area contributed by atoms with E-state index in [0.29, 0.717) is 0 Å². The minimum absolute atomic E-state index is 0.00674. The number of aromatic amines is 2. The van der Waals surface area contributed by atoms with Crippen LogP contribution in [0.1, 0.15) is 163 Å². The second kappa shape index (κ2) is 60.7. The molecule has 0 aromatic carbocycles. The van der Waals surface area contributed by atoms with Crippen LogP contribution in [0.5, 0.6) is 0 Å². The van der Waals surface area contributed by atoms with Gasteiger partial charge in [0.05, 0.1) is 75.0 Å². The van der Waals surface area contributed by atoms with Crippen LogP contribution in [0.3, 0.4) is 0 Å². The van der Waals surface area contributed by atoms with Crippen LogP contribution in [0.25, 0.3) is 0 Å². The smallest absolute Gasteiger partial charge is 0.326 e. The Morgan fingerprint density at radius 3 is 1.11 bits per heavy atom. The van der Waals surface area contributed by atoms with Gasteiger partial charge in [-0.2, -0.15) is 0 Å². The Balaban J connectivity index is 2.52. The van der Waals surface area contributed by atoms with Gasteiger partial charge in [0.2, 0.25) is 112 Å². The number of aliphatic carboxylic acids is 6. The summed E-state index contributed by atoms with van der Waals surface area (Å²) in [6.07, 6.45) is -9.11. The van der Waals surface area contributed by atoms with Crippen LogP contribution in [0.2, 0.25) is 0 Å². The van der Waals surface area contributed by atoms with Crippen molar-refractivity contribution in [1.82, 2.24) is 110 Å². The minimum Gasteiger partial charge on any atom is -0.481 e. The molecule has 38 N–H and O–H groups in total. The van der Waals surface area contributed by atoms with E-state index in [2.05, 4.69) is 99.7 Å². The van der Waals surface area contributed by atoms with Gasteiger partial charge in [-0.05, 0) is 69.6 Å². The van der Waals surface area contributed by atoms with Gasteiger partial charge in [-0.3, -0.25) is 120 Å². The summed E-state index contributed by atoms with van der Waals surface area (Å²) in [5.41, 5.74) is 27.4. The summed E-state index contributed by atoms with van der Waals surface area (Å²) in [7, 11) is 0. The van der Waals surface area contributed by atoms with Crippen LogP contribution in [-0.2, 0) is 133 Å². The summed E-state index contributed by atoms with van der Waals surface area (Å²) in [5.74, 6) is -36.9. The number of hydrogen-bond acceptors (Lipinski definition) is 31. The second-order valence-electron chi connectivity index (χ2n) is 32.9. The van der Waals surface area contributed by atoms with Gasteiger partial charge < -0.3 is 170 Å². The number of aliphatic hydroxyl groups is 2. The fraction of sp³-hybridized carbons (Fsp3) is 0.600. The van der Waals surface area contributed by atoms with Crippen LogP contribution in [0.15, 0.2) is 25.0 Å². The molecule has 0 spiro atoms. The lowest BCUT2D eigenvalue weighted by atomic mass is 9.95. The predicted octanol–water partition coefficient (Wildman–Crippen LogP) is -13.3. The number of nitrogens with one attached hydrogen (secondary N) is 20. The number of carboxylic acid groups (broad SMARTS) is 6. The van der Waals surface area contributed by atoms with E-state index in [9.17, 15) is 156 Å². The summed E-state index contributed by atoms with van der Waals surface area (Å²) >= 11 is 0. The molecule has 2 heterocycles. The van der Waals surface area contributed by atoms with E-state index in [-0.39, 0.29) is 49.6 Å². The molecule has 60 nitrogen and oxygen atoms in total. The van der Waals surface area contributed by atoms with Gasteiger partial charge in [0.1, 0.15) is 90.6 Å². The summed E-state index contributed by atoms with van der Waals surface area (Å²) < 4.78 is 0. The highest BCUT2D eigenvalue weighted by molar-refractivity contribution is 6.03. The van der Waals surface area contributed by atoms with Crippen molar-refractivity contribution < 1.29 is 161 Å². The first-order valence-electron chi connectivity index (χ1n) is 43.5. The fourth-order valence-electron chi connectivity index (χ4n) is 12.9. The number of carboxylic acids is 6. The maximum absolute atomic E-state index is 14.7. The molecule has 18 atom stereocenters. The van der Waals surface area contributed by atoms with E-state index < -0.39 is 372 Å². The average Bonchev–Trinajstić information content (AvgIpc) is 1.56. The topological polar surface area (TPSA) is 1000 Å². The lowest BCUT2D eigenvalue weighted by Crippen LogP contribution is -2.63. The van der Waals surface area contributed by atoms with Crippen molar-refractivity contribution >= 4 is 154 Å². The molecule has 0 radical (unpaired) electrons. The number of imidazole rings is 2. The normalized spacial score (nSPS) is 14.9. The van der Waals surface area contributed by atoms with E-state index in [1.165, 1.54) is 33.2 Å². The van der Waals surface area contributed by atoms with Crippen LogP contribution >= 0.6 is 0 Å². The van der Waals surface area contributed by atoms with Crippen LogP contribution in [-0.4, -0.2) is 337 Å². The van der Waals surface area contributed by atoms with E-state index >= 15 is 0 Å². The van der Waals surface area contributed by atoms with Gasteiger partial charge in [-0.15, -0.1) is 0 Å². The van der Waals surface area contributed by atoms with Crippen LogP contribution < -0.4 is 119 Å². The number of primary amides is 3. The monoisotopic (exact) mass is 1990 g/mol. The van der Waals surface area contributed by atoms with Crippen molar-refractivity contribution in [2.75, 3.05) is 19.7 Å². The Kier molecular flexibility index (Phi) is 52.2. The van der Waals surface area contributed by atoms with Crippen molar-refractivity contribution in [2.24, 2.45) is 46.4 Å². The minimum atomic E-state index is -2.27. The summed E-state index contributed by atoms with van der Waals surface area (Å²) in [5, 5.41) is 124. The first-order chi connectivity index (χ1) is 65.5. The SMILES string of the molecule is CC[C@H](C)[C@H](NC(=O)[C@@H](NC(=O)[C@H](CCC(N)=O)NC(=O)CNC(=O)[C@H](CC(=O)O)NC(=O)[C@@H](N)CCCNC(=N)N)C(C)C)C(=O)N[C@@H](CC(N)=O)C(=O)N[C@@H](CCC(=O)O)C(=O)N[C@H](C(=O)N[C@@H](CO)C(=O)N[C@@H](CCC(N)=O)C(=O)N[C@@H](Cc1c[nH]cn1)C(=O)N[C@@H](Cc1c[nH]cn1)C(=O)N[C@@H](CC(=O)O)C(=O)N[C@@H](CC(=O)O)C(=O)N[C@@H](CC(C)C)C(=O)N[C@@H](CCC(=O)O)C(=O)O)[C@@H](C)O. The number of carbonyl (C=O) groups is 25. The van der Waals surface area contributed by atoms with Crippen molar-refractivity contribution in [3.63, 3.8) is 0 Å². The highest BCUT2D eigenvalue weighted by Crippen LogP contribution is 2.17. The molecule has 2 rings (SSSR count). The zero-order valence-electron chi connectivity index (χ0n) is 77.3. The molecule has 0 saturated heterocycles. The number of nitrogens with two attached hydrogens (primary N) is 5. The molecule has 0 aliphatic rings. The van der Waals surface area contributed by atoms with Gasteiger partial charge >= 0.3 is 35.8 Å². The van der Waals surface area contributed by atoms with Gasteiger partial charge in [0.15, 0.2) is 5.96 Å². The lowest BCUT2D eigenvalue weighted by molar-refractivity contribution is -0.144. The van der Waals surface area contributed by atoms with Gasteiger partial charge in [0, 0.05) is 57.5 Å². The highest BCUT2D eigenvalue weighted by Gasteiger charge is 2.42. The third-order valence-corrected chi connectivity index (χ3v) is 20.5. The van der Waals surface area contributed by atoms with Crippen molar-refractivity contribution in [3.05, 3.63) is 36.4 Å². The summed E-state index contributed by atoms with van der Waals surface area (Å²) in [4.78, 5) is 346. The number of rotatable bonds is 68. The average molecular weight is 1990 g/mol. The summed E-state index contributed by atoms with van der Waals surface area (Å²) in [6.45, 7) is 7.59. The molecular weight excluding hydrogens is 1870 g/mol. The number of aromatic nitrogens is 4. The molecule has 0 fully saturated rings. The maximum Gasteiger partial charge on any atom is 0.326 e. The zero-order valence-corrected chi connectivity index (χ0v) is 77.3. The Bertz CT molecular complexity index is 4710. The Morgan fingerprint density at radius 2 is 0.714 bits per heavy atom. The van der Waals surface area contributed by atoms with E-state index in [1.807, 2.05) is 10.6 Å². The quantitative estimate of drug-likeness (QED) is 0.0166.